The lowest BCUT2D eigenvalue weighted by Gasteiger charge is -2.07. The van der Waals surface area contributed by atoms with Gasteiger partial charge < -0.3 is 4.74 Å². The van der Waals surface area contributed by atoms with Gasteiger partial charge in [0.05, 0.1) is 6.61 Å². The van der Waals surface area contributed by atoms with E-state index in [4.69, 9.17) is 4.74 Å². The molecule has 0 saturated carbocycles. The van der Waals surface area contributed by atoms with Crippen LogP contribution in [-0.4, -0.2) is 16.6 Å². The third-order valence-electron chi connectivity index (χ3n) is 1.66. The molecule has 4 heteroatoms. The van der Waals surface area contributed by atoms with Gasteiger partial charge in [-0.2, -0.15) is 0 Å². The largest absolute Gasteiger partial charge is 0.492 e. The van der Waals surface area contributed by atoms with Crippen molar-refractivity contribution >= 4 is 21.7 Å². The van der Waals surface area contributed by atoms with E-state index in [9.17, 15) is 0 Å². The van der Waals surface area contributed by atoms with Crippen LogP contribution in [0.2, 0.25) is 0 Å². The van der Waals surface area contributed by atoms with Crippen molar-refractivity contribution in [3.05, 3.63) is 28.8 Å². The summed E-state index contributed by atoms with van der Waals surface area (Å²) in [6.45, 7) is 8.32. The molecule has 0 unspecified atom stereocenters. The maximum Gasteiger partial charge on any atom is 0.137 e. The van der Waals surface area contributed by atoms with Gasteiger partial charge in [-0.05, 0) is 22.9 Å². The average Bonchev–Trinajstić information content (AvgIpc) is 2.17. The van der Waals surface area contributed by atoms with E-state index in [2.05, 4.69) is 32.5 Å². The minimum Gasteiger partial charge on any atom is -0.492 e. The Balaban J connectivity index is 2.96. The average molecular weight is 257 g/mol. The van der Waals surface area contributed by atoms with Crippen LogP contribution in [0.15, 0.2) is 17.2 Å². The molecule has 0 spiro atoms. The van der Waals surface area contributed by atoms with Crippen LogP contribution in [-0.2, 0) is 11.2 Å². The van der Waals surface area contributed by atoms with Gasteiger partial charge in [0.25, 0.3) is 0 Å². The van der Waals surface area contributed by atoms with Crippen molar-refractivity contribution in [2.75, 3.05) is 6.61 Å². The maximum atomic E-state index is 5.28. The molecule has 1 rings (SSSR count). The second kappa shape index (κ2) is 5.10. The van der Waals surface area contributed by atoms with Crippen LogP contribution >= 0.6 is 15.9 Å². The highest BCUT2D eigenvalue weighted by Gasteiger charge is 2.05. The van der Waals surface area contributed by atoms with E-state index in [1.807, 2.05) is 13.8 Å². The summed E-state index contributed by atoms with van der Waals surface area (Å²) in [6.07, 6.45) is 0.797. The number of nitrogens with zero attached hydrogens (tertiary/aromatic N) is 2. The van der Waals surface area contributed by atoms with Crippen LogP contribution in [0, 0.1) is 0 Å². The highest BCUT2D eigenvalue weighted by atomic mass is 79.9. The fourth-order valence-electron chi connectivity index (χ4n) is 1.01. The zero-order valence-electron chi connectivity index (χ0n) is 8.38. The summed E-state index contributed by atoms with van der Waals surface area (Å²) in [6, 6.07) is 1.80. The molecule has 0 aliphatic heterocycles. The maximum absolute atomic E-state index is 5.28. The molecule has 0 amide bonds. The van der Waals surface area contributed by atoms with Crippen molar-refractivity contribution in [1.29, 1.82) is 0 Å². The second-order valence-corrected chi connectivity index (χ2v) is 3.51. The van der Waals surface area contributed by atoms with Crippen molar-refractivity contribution in [2.45, 2.75) is 20.3 Å². The first-order valence-electron chi connectivity index (χ1n) is 4.52. The third kappa shape index (κ3) is 2.80. The lowest BCUT2D eigenvalue weighted by Crippen LogP contribution is -2.00. The number of hydrogen-bond acceptors (Lipinski definition) is 3. The van der Waals surface area contributed by atoms with Gasteiger partial charge >= 0.3 is 0 Å². The molecule has 0 radical (unpaired) electrons. The predicted octanol–water partition coefficient (Wildman–Crippen LogP) is 2.81. The van der Waals surface area contributed by atoms with Gasteiger partial charge in [-0.25, -0.2) is 9.97 Å². The predicted molar refractivity (Wildman–Crippen MR) is 59.8 cm³/mol. The van der Waals surface area contributed by atoms with Crippen molar-refractivity contribution < 1.29 is 4.74 Å². The van der Waals surface area contributed by atoms with Crippen LogP contribution in [0.3, 0.4) is 0 Å². The molecule has 0 aromatic carbocycles. The molecule has 0 atom stereocenters. The van der Waals surface area contributed by atoms with E-state index in [-0.39, 0.29) is 0 Å². The number of rotatable bonds is 4. The fraction of sp³-hybridized carbons (Fsp3) is 0.400. The summed E-state index contributed by atoms with van der Waals surface area (Å²) < 4.78 is 6.04. The zero-order chi connectivity index (χ0) is 10.6. The number of ether oxygens (including phenoxy) is 1. The zero-order valence-corrected chi connectivity index (χ0v) is 9.97. The van der Waals surface area contributed by atoms with Crippen LogP contribution < -0.4 is 0 Å². The Morgan fingerprint density at radius 3 is 2.79 bits per heavy atom. The topological polar surface area (TPSA) is 35.0 Å². The first-order valence-corrected chi connectivity index (χ1v) is 5.32. The quantitative estimate of drug-likeness (QED) is 0.614. The van der Waals surface area contributed by atoms with E-state index in [1.165, 1.54) is 0 Å². The van der Waals surface area contributed by atoms with Crippen LogP contribution in [0.1, 0.15) is 25.4 Å². The molecule has 14 heavy (non-hydrogen) atoms. The number of halogens is 1. The standard InChI is InChI=1S/C10H13BrN2O/c1-4-10-12-8(6-9(11)13-10)7(3)14-5-2/h6H,3-5H2,1-2H3. The van der Waals surface area contributed by atoms with Gasteiger partial charge in [0.15, 0.2) is 0 Å². The molecule has 1 heterocycles. The molecule has 0 aliphatic carbocycles. The molecule has 1 aromatic heterocycles. The Bertz CT molecular complexity index is 339. The minimum absolute atomic E-state index is 0.588. The summed E-state index contributed by atoms with van der Waals surface area (Å²) >= 11 is 3.33. The molecule has 0 bridgehead atoms. The lowest BCUT2D eigenvalue weighted by atomic mass is 10.3. The van der Waals surface area contributed by atoms with Crippen LogP contribution in [0.5, 0.6) is 0 Å². The molecular weight excluding hydrogens is 244 g/mol. The van der Waals surface area contributed by atoms with E-state index in [0.717, 1.165) is 22.5 Å². The van der Waals surface area contributed by atoms with Gasteiger partial charge in [-0.3, -0.25) is 0 Å². The summed E-state index contributed by atoms with van der Waals surface area (Å²) in [7, 11) is 0. The molecule has 3 nitrogen and oxygen atoms in total. The minimum atomic E-state index is 0.588. The highest BCUT2D eigenvalue weighted by molar-refractivity contribution is 9.10. The number of aromatic nitrogens is 2. The van der Waals surface area contributed by atoms with Crippen molar-refractivity contribution in [3.63, 3.8) is 0 Å². The molecule has 0 N–H and O–H groups in total. The molecule has 1 aromatic rings. The Hall–Kier alpha value is -0.900. The Labute approximate surface area is 92.4 Å². The SMILES string of the molecule is C=C(OCC)c1cc(Br)nc(CC)n1. The normalized spacial score (nSPS) is 9.93. The second-order valence-electron chi connectivity index (χ2n) is 2.70. The van der Waals surface area contributed by atoms with E-state index >= 15 is 0 Å². The van der Waals surface area contributed by atoms with Gasteiger partial charge in [0.1, 0.15) is 21.9 Å². The molecule has 76 valence electrons. The smallest absolute Gasteiger partial charge is 0.137 e. The van der Waals surface area contributed by atoms with E-state index in [0.29, 0.717) is 12.4 Å². The summed E-state index contributed by atoms with van der Waals surface area (Å²) in [4.78, 5) is 8.51. The number of aryl methyl sites for hydroxylation is 1. The van der Waals surface area contributed by atoms with Crippen molar-refractivity contribution in [3.8, 4) is 0 Å². The van der Waals surface area contributed by atoms with Crippen molar-refractivity contribution in [2.24, 2.45) is 0 Å². The molecule has 0 aliphatic rings. The first kappa shape index (κ1) is 11.2. The lowest BCUT2D eigenvalue weighted by molar-refractivity contribution is 0.297. The van der Waals surface area contributed by atoms with E-state index in [1.54, 1.807) is 6.07 Å². The van der Waals surface area contributed by atoms with Crippen molar-refractivity contribution in [1.82, 2.24) is 9.97 Å². The Morgan fingerprint density at radius 2 is 2.21 bits per heavy atom. The van der Waals surface area contributed by atoms with Gasteiger partial charge in [-0.15, -0.1) is 0 Å². The third-order valence-corrected chi connectivity index (χ3v) is 2.07. The first-order chi connectivity index (χ1) is 6.67. The monoisotopic (exact) mass is 256 g/mol. The summed E-state index contributed by atoms with van der Waals surface area (Å²) in [5.41, 5.74) is 0.741. The Morgan fingerprint density at radius 1 is 1.50 bits per heavy atom. The van der Waals surface area contributed by atoms with Crippen LogP contribution in [0.4, 0.5) is 0 Å². The molecule has 0 saturated heterocycles. The van der Waals surface area contributed by atoms with Gasteiger partial charge in [0, 0.05) is 12.5 Å². The van der Waals surface area contributed by atoms with Crippen LogP contribution in [0.25, 0.3) is 5.76 Å². The number of hydrogen-bond donors (Lipinski definition) is 0. The van der Waals surface area contributed by atoms with Gasteiger partial charge in [0.2, 0.25) is 0 Å². The summed E-state index contributed by atoms with van der Waals surface area (Å²) in [5, 5.41) is 0. The fourth-order valence-corrected chi connectivity index (χ4v) is 1.44. The summed E-state index contributed by atoms with van der Waals surface area (Å²) in [5.74, 6) is 1.38. The molecule has 0 fully saturated rings. The van der Waals surface area contributed by atoms with Gasteiger partial charge in [-0.1, -0.05) is 13.5 Å². The molecular formula is C10H13BrN2O. The highest BCUT2D eigenvalue weighted by Crippen LogP contribution is 2.15. The van der Waals surface area contributed by atoms with E-state index < -0.39 is 0 Å². The Kier molecular flexibility index (Phi) is 4.07.